The zero-order chi connectivity index (χ0) is 15.9. The minimum Gasteiger partial charge on any atom is -0.385 e. The molecule has 0 fully saturated rings. The Morgan fingerprint density at radius 1 is 1.33 bits per heavy atom. The third kappa shape index (κ3) is 6.21. The van der Waals surface area contributed by atoms with E-state index in [1.54, 1.807) is 19.2 Å². The summed E-state index contributed by atoms with van der Waals surface area (Å²) >= 11 is 0. The van der Waals surface area contributed by atoms with Gasteiger partial charge in [-0.1, -0.05) is 12.1 Å². The highest BCUT2D eigenvalue weighted by Crippen LogP contribution is 2.08. The van der Waals surface area contributed by atoms with Crippen molar-refractivity contribution >= 4 is 15.9 Å². The number of hydrogen-bond acceptors (Lipinski definition) is 5. The number of carbonyl (C=O) groups is 1. The van der Waals surface area contributed by atoms with Crippen molar-refractivity contribution in [1.29, 1.82) is 0 Å². The Kier molecular flexibility index (Phi) is 6.76. The molecule has 1 aromatic rings. The molecule has 0 aliphatic carbocycles. The van der Waals surface area contributed by atoms with Crippen LogP contribution in [0.2, 0.25) is 0 Å². The normalized spacial score (nSPS) is 12.9. The maximum atomic E-state index is 11.6. The van der Waals surface area contributed by atoms with Crippen molar-refractivity contribution < 1.29 is 17.9 Å². The Morgan fingerprint density at radius 3 is 2.48 bits per heavy atom. The molecule has 8 heteroatoms. The van der Waals surface area contributed by atoms with Gasteiger partial charge >= 0.3 is 0 Å². The minimum absolute atomic E-state index is 0.0665. The van der Waals surface area contributed by atoms with Gasteiger partial charge in [0.15, 0.2) is 0 Å². The van der Waals surface area contributed by atoms with Crippen LogP contribution in [-0.2, 0) is 26.0 Å². The molecule has 1 unspecified atom stereocenters. The molecule has 0 aliphatic rings. The number of benzene rings is 1. The van der Waals surface area contributed by atoms with Gasteiger partial charge in [0, 0.05) is 20.3 Å². The Morgan fingerprint density at radius 2 is 1.95 bits per heavy atom. The van der Waals surface area contributed by atoms with Gasteiger partial charge in [0.05, 0.1) is 10.9 Å². The van der Waals surface area contributed by atoms with Crippen molar-refractivity contribution in [3.05, 3.63) is 29.8 Å². The fourth-order valence-electron chi connectivity index (χ4n) is 1.68. The van der Waals surface area contributed by atoms with Crippen LogP contribution in [0.4, 0.5) is 0 Å². The van der Waals surface area contributed by atoms with E-state index in [1.807, 2.05) is 0 Å². The van der Waals surface area contributed by atoms with Crippen LogP contribution < -0.4 is 16.2 Å². The molecule has 1 amide bonds. The van der Waals surface area contributed by atoms with Gasteiger partial charge in [0.1, 0.15) is 0 Å². The van der Waals surface area contributed by atoms with Gasteiger partial charge < -0.3 is 15.8 Å². The third-order valence-corrected chi connectivity index (χ3v) is 3.86. The van der Waals surface area contributed by atoms with Crippen LogP contribution in [0.25, 0.3) is 0 Å². The molecule has 0 radical (unpaired) electrons. The quantitative estimate of drug-likeness (QED) is 0.588. The number of carbonyl (C=O) groups excluding carboxylic acids is 1. The summed E-state index contributed by atoms with van der Waals surface area (Å²) < 4.78 is 27.1. The predicted molar refractivity (Wildman–Crippen MR) is 79.0 cm³/mol. The van der Waals surface area contributed by atoms with Gasteiger partial charge in [-0.25, -0.2) is 13.6 Å². The fraction of sp³-hybridized carbons (Fsp3) is 0.462. The van der Waals surface area contributed by atoms with E-state index in [0.717, 1.165) is 5.56 Å². The molecule has 5 N–H and O–H groups in total. The van der Waals surface area contributed by atoms with Gasteiger partial charge in [-0.3, -0.25) is 4.79 Å². The highest BCUT2D eigenvalue weighted by molar-refractivity contribution is 7.89. The number of sulfonamides is 1. The van der Waals surface area contributed by atoms with E-state index in [9.17, 15) is 13.2 Å². The number of ether oxygens (including phenoxy) is 1. The maximum Gasteiger partial charge on any atom is 0.238 e. The van der Waals surface area contributed by atoms with Crippen LogP contribution in [0.15, 0.2) is 29.2 Å². The van der Waals surface area contributed by atoms with Crippen LogP contribution >= 0.6 is 0 Å². The van der Waals surface area contributed by atoms with Crippen molar-refractivity contribution in [2.24, 2.45) is 10.9 Å². The van der Waals surface area contributed by atoms with E-state index in [-0.39, 0.29) is 10.8 Å². The smallest absolute Gasteiger partial charge is 0.238 e. The standard InChI is InChI=1S/C13H21N3O4S/c1-20-9-7-12(14)13(17)16-8-6-10-2-4-11(5-3-10)21(15,18)19/h2-5,12H,6-9,14H2,1H3,(H,16,17)(H2,15,18,19). The second-order valence-corrected chi connectivity index (χ2v) is 6.18. The van der Waals surface area contributed by atoms with Crippen molar-refractivity contribution in [2.75, 3.05) is 20.3 Å². The largest absolute Gasteiger partial charge is 0.385 e. The average molecular weight is 315 g/mol. The van der Waals surface area contributed by atoms with E-state index >= 15 is 0 Å². The molecule has 0 saturated carbocycles. The molecule has 0 heterocycles. The molecule has 21 heavy (non-hydrogen) atoms. The van der Waals surface area contributed by atoms with Crippen LogP contribution in [0.5, 0.6) is 0 Å². The number of amides is 1. The number of nitrogens with one attached hydrogen (secondary N) is 1. The summed E-state index contributed by atoms with van der Waals surface area (Å²) in [7, 11) is -2.12. The third-order valence-electron chi connectivity index (χ3n) is 2.93. The first-order valence-electron chi connectivity index (χ1n) is 6.48. The van der Waals surface area contributed by atoms with Crippen molar-refractivity contribution in [3.8, 4) is 0 Å². The molecule has 1 atom stereocenters. The van der Waals surface area contributed by atoms with Crippen LogP contribution in [-0.4, -0.2) is 40.6 Å². The van der Waals surface area contributed by atoms with E-state index in [1.165, 1.54) is 12.1 Å². The van der Waals surface area contributed by atoms with Gasteiger partial charge in [0.2, 0.25) is 15.9 Å². The maximum absolute atomic E-state index is 11.6. The lowest BCUT2D eigenvalue weighted by Gasteiger charge is -2.11. The lowest BCUT2D eigenvalue weighted by Crippen LogP contribution is -2.41. The molecule has 1 aromatic carbocycles. The lowest BCUT2D eigenvalue weighted by molar-refractivity contribution is -0.122. The zero-order valence-corrected chi connectivity index (χ0v) is 12.7. The van der Waals surface area contributed by atoms with Crippen molar-refractivity contribution in [1.82, 2.24) is 5.32 Å². The summed E-state index contributed by atoms with van der Waals surface area (Å²) in [6, 6.07) is 5.62. The minimum atomic E-state index is -3.67. The van der Waals surface area contributed by atoms with Gasteiger partial charge in [-0.15, -0.1) is 0 Å². The Labute approximate surface area is 124 Å². The van der Waals surface area contributed by atoms with Gasteiger partial charge in [-0.05, 0) is 30.5 Å². The van der Waals surface area contributed by atoms with Crippen LogP contribution in [0, 0.1) is 0 Å². The number of hydrogen-bond donors (Lipinski definition) is 3. The first kappa shape index (κ1) is 17.6. The Bertz CT molecular complexity index is 557. The van der Waals surface area contributed by atoms with Gasteiger partial charge in [0.25, 0.3) is 0 Å². The highest BCUT2D eigenvalue weighted by Gasteiger charge is 2.12. The summed E-state index contributed by atoms with van der Waals surface area (Å²) in [4.78, 5) is 11.7. The van der Waals surface area contributed by atoms with E-state index < -0.39 is 16.1 Å². The topological polar surface area (TPSA) is 125 Å². The summed E-state index contributed by atoms with van der Waals surface area (Å²) in [5.41, 5.74) is 6.57. The number of primary sulfonamides is 1. The monoisotopic (exact) mass is 315 g/mol. The summed E-state index contributed by atoms with van der Waals surface area (Å²) in [5, 5.41) is 7.73. The number of rotatable bonds is 8. The fourth-order valence-corrected chi connectivity index (χ4v) is 2.20. The van der Waals surface area contributed by atoms with Crippen LogP contribution in [0.1, 0.15) is 12.0 Å². The molecule has 1 rings (SSSR count). The molecular weight excluding hydrogens is 294 g/mol. The second-order valence-electron chi connectivity index (χ2n) is 4.62. The molecule has 7 nitrogen and oxygen atoms in total. The molecule has 118 valence electrons. The molecule has 0 spiro atoms. The van der Waals surface area contributed by atoms with E-state index in [0.29, 0.717) is 26.0 Å². The van der Waals surface area contributed by atoms with Gasteiger partial charge in [-0.2, -0.15) is 0 Å². The van der Waals surface area contributed by atoms with Crippen molar-refractivity contribution in [2.45, 2.75) is 23.8 Å². The average Bonchev–Trinajstić information content (AvgIpc) is 2.44. The lowest BCUT2D eigenvalue weighted by atomic mass is 10.1. The molecule has 0 aliphatic heterocycles. The summed E-state index contributed by atoms with van der Waals surface area (Å²) in [6.45, 7) is 0.859. The predicted octanol–water partition coefficient (Wildman–Crippen LogP) is -0.643. The number of methoxy groups -OCH3 is 1. The summed E-state index contributed by atoms with van der Waals surface area (Å²) in [5.74, 6) is -0.229. The molecular formula is C13H21N3O4S. The highest BCUT2D eigenvalue weighted by atomic mass is 32.2. The first-order valence-corrected chi connectivity index (χ1v) is 8.03. The van der Waals surface area contributed by atoms with Crippen LogP contribution in [0.3, 0.4) is 0 Å². The SMILES string of the molecule is COCCC(N)C(=O)NCCc1ccc(S(N)(=O)=O)cc1. The Hall–Kier alpha value is -1.48. The van der Waals surface area contributed by atoms with E-state index in [2.05, 4.69) is 5.32 Å². The zero-order valence-electron chi connectivity index (χ0n) is 11.9. The first-order chi connectivity index (χ1) is 9.84. The Balaban J connectivity index is 2.41. The summed E-state index contributed by atoms with van der Waals surface area (Å²) in [6.07, 6.45) is 1.04. The van der Waals surface area contributed by atoms with E-state index in [4.69, 9.17) is 15.6 Å². The number of nitrogens with two attached hydrogens (primary N) is 2. The second kappa shape index (κ2) is 8.08. The van der Waals surface area contributed by atoms with Crippen molar-refractivity contribution in [3.63, 3.8) is 0 Å². The molecule has 0 bridgehead atoms. The molecule has 0 saturated heterocycles. The molecule has 0 aromatic heterocycles.